The highest BCUT2D eigenvalue weighted by atomic mass is 79.9. The molecule has 3 rings (SSSR count). The molecule has 0 bridgehead atoms. The number of hydrogen-bond acceptors (Lipinski definition) is 2. The summed E-state index contributed by atoms with van der Waals surface area (Å²) in [6.45, 7) is 1.81. The lowest BCUT2D eigenvalue weighted by atomic mass is 9.90. The Balaban J connectivity index is 1.58. The van der Waals surface area contributed by atoms with Crippen molar-refractivity contribution in [3.8, 4) is 5.75 Å². The van der Waals surface area contributed by atoms with Crippen LogP contribution in [0.25, 0.3) is 0 Å². The number of rotatable bonds is 6. The van der Waals surface area contributed by atoms with Gasteiger partial charge in [-0.15, -0.1) is 0 Å². The second-order valence-corrected chi connectivity index (χ2v) is 7.14. The first kappa shape index (κ1) is 14.4. The van der Waals surface area contributed by atoms with E-state index in [-0.39, 0.29) is 0 Å². The number of benzene rings is 1. The molecule has 0 aliphatic heterocycles. The molecule has 110 valence electrons. The molecule has 0 unspecified atom stereocenters. The third kappa shape index (κ3) is 4.23. The van der Waals surface area contributed by atoms with E-state index in [1.165, 1.54) is 50.5 Å². The summed E-state index contributed by atoms with van der Waals surface area (Å²) < 4.78 is 7.26. The maximum Gasteiger partial charge on any atom is 0.123 e. The van der Waals surface area contributed by atoms with Crippen LogP contribution in [0.2, 0.25) is 0 Å². The normalized spacial score (nSPS) is 20.1. The molecule has 0 heterocycles. The Hall–Kier alpha value is -0.540. The lowest BCUT2D eigenvalue weighted by Gasteiger charge is -2.22. The van der Waals surface area contributed by atoms with Crippen molar-refractivity contribution in [1.29, 1.82) is 0 Å². The molecule has 1 aromatic carbocycles. The van der Waals surface area contributed by atoms with Gasteiger partial charge < -0.3 is 10.1 Å². The zero-order chi connectivity index (χ0) is 13.8. The lowest BCUT2D eigenvalue weighted by molar-refractivity contribution is 0.207. The molecule has 0 saturated heterocycles. The minimum atomic E-state index is 0.736. The quantitative estimate of drug-likeness (QED) is 0.814. The fourth-order valence-electron chi connectivity index (χ4n) is 2.93. The van der Waals surface area contributed by atoms with E-state index in [0.29, 0.717) is 0 Å². The van der Waals surface area contributed by atoms with Crippen molar-refractivity contribution >= 4 is 15.9 Å². The third-order valence-corrected chi connectivity index (χ3v) is 4.87. The minimum absolute atomic E-state index is 0.736. The van der Waals surface area contributed by atoms with Crippen LogP contribution in [0, 0.1) is 5.92 Å². The van der Waals surface area contributed by atoms with Gasteiger partial charge in [-0.25, -0.2) is 0 Å². The van der Waals surface area contributed by atoms with Gasteiger partial charge in [-0.05, 0) is 49.8 Å². The van der Waals surface area contributed by atoms with E-state index in [1.807, 2.05) is 0 Å². The molecular weight excluding hydrogens is 314 g/mol. The summed E-state index contributed by atoms with van der Waals surface area (Å²) in [7, 11) is 0. The van der Waals surface area contributed by atoms with Crippen LogP contribution in [0.15, 0.2) is 22.7 Å². The van der Waals surface area contributed by atoms with Crippen molar-refractivity contribution in [3.63, 3.8) is 0 Å². The van der Waals surface area contributed by atoms with Crippen molar-refractivity contribution in [1.82, 2.24) is 5.32 Å². The minimum Gasteiger partial charge on any atom is -0.493 e. The smallest absolute Gasteiger partial charge is 0.123 e. The predicted octanol–water partition coefficient (Wildman–Crippen LogP) is 4.66. The van der Waals surface area contributed by atoms with Gasteiger partial charge >= 0.3 is 0 Å². The summed E-state index contributed by atoms with van der Waals surface area (Å²) in [6, 6.07) is 7.11. The van der Waals surface area contributed by atoms with Gasteiger partial charge in [-0.2, -0.15) is 0 Å². The maximum absolute atomic E-state index is 6.12. The van der Waals surface area contributed by atoms with E-state index in [0.717, 1.165) is 35.3 Å². The zero-order valence-electron chi connectivity index (χ0n) is 12.0. The van der Waals surface area contributed by atoms with Gasteiger partial charge in [-0.3, -0.25) is 0 Å². The van der Waals surface area contributed by atoms with Crippen LogP contribution in [0.4, 0.5) is 0 Å². The molecule has 1 aromatic rings. The molecule has 2 aliphatic rings. The molecule has 2 fully saturated rings. The Bertz CT molecular complexity index is 439. The summed E-state index contributed by atoms with van der Waals surface area (Å²) in [5.74, 6) is 1.82. The molecule has 20 heavy (non-hydrogen) atoms. The van der Waals surface area contributed by atoms with Crippen LogP contribution in [0.5, 0.6) is 5.75 Å². The predicted molar refractivity (Wildman–Crippen MR) is 86.1 cm³/mol. The van der Waals surface area contributed by atoms with E-state index in [1.54, 1.807) is 0 Å². The Morgan fingerprint density at radius 3 is 2.65 bits per heavy atom. The van der Waals surface area contributed by atoms with Crippen LogP contribution in [0.3, 0.4) is 0 Å². The first-order valence-corrected chi connectivity index (χ1v) is 8.75. The summed E-state index contributed by atoms with van der Waals surface area (Å²) in [5, 5.41) is 3.58. The van der Waals surface area contributed by atoms with Gasteiger partial charge in [0.05, 0.1) is 6.61 Å². The first-order valence-electron chi connectivity index (χ1n) is 7.96. The Morgan fingerprint density at radius 1 is 1.10 bits per heavy atom. The third-order valence-electron chi connectivity index (χ3n) is 4.38. The standard InChI is InChI=1S/C17H24BrNO/c18-15-6-9-17(14(10-15)11-19-16-7-8-16)20-12-13-4-2-1-3-5-13/h6,9-10,13,16,19H,1-5,7-8,11-12H2. The second-order valence-electron chi connectivity index (χ2n) is 6.22. The average Bonchev–Trinajstić information content (AvgIpc) is 3.29. The van der Waals surface area contributed by atoms with Gasteiger partial charge in [0.25, 0.3) is 0 Å². The topological polar surface area (TPSA) is 21.3 Å². The van der Waals surface area contributed by atoms with Gasteiger partial charge in [0.15, 0.2) is 0 Å². The van der Waals surface area contributed by atoms with Crippen molar-refractivity contribution in [2.24, 2.45) is 5.92 Å². The van der Waals surface area contributed by atoms with Crippen LogP contribution in [-0.2, 0) is 6.54 Å². The number of ether oxygens (including phenoxy) is 1. The highest BCUT2D eigenvalue weighted by Crippen LogP contribution is 2.28. The largest absolute Gasteiger partial charge is 0.493 e. The van der Waals surface area contributed by atoms with Crippen LogP contribution < -0.4 is 10.1 Å². The summed E-state index contributed by atoms with van der Waals surface area (Å²) in [6.07, 6.45) is 9.50. The van der Waals surface area contributed by atoms with E-state index >= 15 is 0 Å². The average molecular weight is 338 g/mol. The van der Waals surface area contributed by atoms with Gasteiger partial charge in [-0.1, -0.05) is 35.2 Å². The molecule has 0 aromatic heterocycles. The molecule has 3 heteroatoms. The first-order chi connectivity index (χ1) is 9.81. The molecule has 0 atom stereocenters. The molecular formula is C17H24BrNO. The molecule has 2 aliphatic carbocycles. The van der Waals surface area contributed by atoms with Crippen molar-refractivity contribution in [3.05, 3.63) is 28.2 Å². The Morgan fingerprint density at radius 2 is 1.90 bits per heavy atom. The van der Waals surface area contributed by atoms with Gasteiger partial charge in [0.1, 0.15) is 5.75 Å². The summed E-state index contributed by atoms with van der Waals surface area (Å²) in [4.78, 5) is 0. The Kier molecular flexibility index (Phi) is 5.00. The molecule has 2 nitrogen and oxygen atoms in total. The van der Waals surface area contributed by atoms with Crippen molar-refractivity contribution in [2.75, 3.05) is 6.61 Å². The van der Waals surface area contributed by atoms with Gasteiger partial charge in [0, 0.05) is 22.6 Å². The van der Waals surface area contributed by atoms with E-state index < -0.39 is 0 Å². The van der Waals surface area contributed by atoms with E-state index in [9.17, 15) is 0 Å². The SMILES string of the molecule is Brc1ccc(OCC2CCCCC2)c(CNC2CC2)c1. The monoisotopic (exact) mass is 337 g/mol. The van der Waals surface area contributed by atoms with Crippen molar-refractivity contribution in [2.45, 2.75) is 57.5 Å². The lowest BCUT2D eigenvalue weighted by Crippen LogP contribution is -2.18. The van der Waals surface area contributed by atoms with E-state index in [2.05, 4.69) is 39.4 Å². The second kappa shape index (κ2) is 6.95. The molecule has 2 saturated carbocycles. The maximum atomic E-state index is 6.12. The number of hydrogen-bond donors (Lipinski definition) is 1. The molecule has 0 spiro atoms. The fourth-order valence-corrected chi connectivity index (χ4v) is 3.34. The van der Waals surface area contributed by atoms with Crippen LogP contribution >= 0.6 is 15.9 Å². The number of halogens is 1. The zero-order valence-corrected chi connectivity index (χ0v) is 13.6. The molecule has 1 N–H and O–H groups in total. The summed E-state index contributed by atoms with van der Waals surface area (Å²) in [5.41, 5.74) is 1.28. The number of nitrogens with one attached hydrogen (secondary N) is 1. The summed E-state index contributed by atoms with van der Waals surface area (Å²) >= 11 is 3.56. The van der Waals surface area contributed by atoms with Crippen molar-refractivity contribution < 1.29 is 4.74 Å². The van der Waals surface area contributed by atoms with E-state index in [4.69, 9.17) is 4.74 Å². The van der Waals surface area contributed by atoms with Crippen LogP contribution in [0.1, 0.15) is 50.5 Å². The highest BCUT2D eigenvalue weighted by molar-refractivity contribution is 9.10. The molecule has 0 radical (unpaired) electrons. The van der Waals surface area contributed by atoms with Gasteiger partial charge in [0.2, 0.25) is 0 Å². The Labute approximate surface area is 130 Å². The highest BCUT2D eigenvalue weighted by Gasteiger charge is 2.21. The fraction of sp³-hybridized carbons (Fsp3) is 0.647. The molecule has 0 amide bonds. The van der Waals surface area contributed by atoms with Crippen LogP contribution in [-0.4, -0.2) is 12.6 Å².